The molecule has 2 heterocycles. The Balaban J connectivity index is 1.90. The van der Waals surface area contributed by atoms with Crippen molar-refractivity contribution in [3.63, 3.8) is 0 Å². The standard InChI is InChI=1S/C12H13ClF2N2O3S/c13-9-2-1-8(21-9)10(18)17-12(14,15)4-6-3-7(11(19)20)16-5-6/h1-2,6-7,16H,3-5H2,(H,17,18)(H,19,20)/t6-,7-/m0/s1. The van der Waals surface area contributed by atoms with E-state index in [0.29, 0.717) is 4.34 Å². The first-order valence-corrected chi connectivity index (χ1v) is 7.38. The lowest BCUT2D eigenvalue weighted by molar-refractivity contribution is -0.139. The van der Waals surface area contributed by atoms with E-state index in [4.69, 9.17) is 16.7 Å². The molecule has 3 N–H and O–H groups in total. The third-order valence-electron chi connectivity index (χ3n) is 3.16. The third-order valence-corrected chi connectivity index (χ3v) is 4.39. The van der Waals surface area contributed by atoms with Gasteiger partial charge in [-0.1, -0.05) is 11.6 Å². The normalized spacial score (nSPS) is 22.2. The largest absolute Gasteiger partial charge is 0.480 e. The SMILES string of the molecule is O=C(NC(F)(F)C[C@H]1CN[C@H](C(=O)O)C1)c1ccc(Cl)s1. The lowest BCUT2D eigenvalue weighted by Crippen LogP contribution is -2.42. The van der Waals surface area contributed by atoms with Gasteiger partial charge >= 0.3 is 12.0 Å². The van der Waals surface area contributed by atoms with Crippen molar-refractivity contribution < 1.29 is 23.5 Å². The summed E-state index contributed by atoms with van der Waals surface area (Å²) in [5.74, 6) is -2.45. The van der Waals surface area contributed by atoms with E-state index in [1.165, 1.54) is 12.1 Å². The van der Waals surface area contributed by atoms with Crippen LogP contribution in [0.3, 0.4) is 0 Å². The van der Waals surface area contributed by atoms with E-state index in [0.717, 1.165) is 11.3 Å². The van der Waals surface area contributed by atoms with Gasteiger partial charge in [-0.05, 0) is 31.0 Å². The topological polar surface area (TPSA) is 78.4 Å². The molecule has 1 fully saturated rings. The number of alkyl halides is 2. The van der Waals surface area contributed by atoms with Gasteiger partial charge in [0.05, 0.1) is 9.21 Å². The van der Waals surface area contributed by atoms with Crippen LogP contribution in [0.25, 0.3) is 0 Å². The van der Waals surface area contributed by atoms with Gasteiger partial charge in [0.2, 0.25) is 0 Å². The zero-order valence-electron chi connectivity index (χ0n) is 10.7. The molecular formula is C12H13ClF2N2O3S. The van der Waals surface area contributed by atoms with Crippen LogP contribution in [0.2, 0.25) is 4.34 Å². The number of carboxylic acid groups (broad SMARTS) is 1. The molecule has 2 atom stereocenters. The molecule has 0 spiro atoms. The molecular weight excluding hydrogens is 326 g/mol. The molecule has 1 saturated heterocycles. The van der Waals surface area contributed by atoms with Crippen LogP contribution in [0.15, 0.2) is 12.1 Å². The number of hydrogen-bond donors (Lipinski definition) is 3. The smallest absolute Gasteiger partial charge is 0.326 e. The minimum Gasteiger partial charge on any atom is -0.480 e. The lowest BCUT2D eigenvalue weighted by atomic mass is 10.0. The predicted molar refractivity (Wildman–Crippen MR) is 73.9 cm³/mol. The highest BCUT2D eigenvalue weighted by molar-refractivity contribution is 7.17. The van der Waals surface area contributed by atoms with E-state index >= 15 is 0 Å². The predicted octanol–water partition coefficient (Wildman–Crippen LogP) is 2.18. The van der Waals surface area contributed by atoms with Gasteiger partial charge in [0, 0.05) is 6.42 Å². The fourth-order valence-corrected chi connectivity index (χ4v) is 3.17. The van der Waals surface area contributed by atoms with E-state index in [9.17, 15) is 18.4 Å². The van der Waals surface area contributed by atoms with E-state index in [1.54, 1.807) is 5.32 Å². The number of carbonyl (C=O) groups excluding carboxylic acids is 1. The Bertz CT molecular complexity index is 552. The van der Waals surface area contributed by atoms with Crippen molar-refractivity contribution >= 4 is 34.8 Å². The van der Waals surface area contributed by atoms with Gasteiger partial charge in [0.1, 0.15) is 6.04 Å². The summed E-state index contributed by atoms with van der Waals surface area (Å²) in [6, 6.07) is -1.38. The summed E-state index contributed by atoms with van der Waals surface area (Å²) >= 11 is 6.56. The van der Waals surface area contributed by atoms with Gasteiger partial charge < -0.3 is 10.4 Å². The fraction of sp³-hybridized carbons (Fsp3) is 0.500. The highest BCUT2D eigenvalue weighted by atomic mass is 35.5. The van der Waals surface area contributed by atoms with E-state index in [1.807, 2.05) is 0 Å². The Labute approximate surface area is 128 Å². The van der Waals surface area contributed by atoms with Crippen molar-refractivity contribution in [3.8, 4) is 0 Å². The number of halogens is 3. The average molecular weight is 339 g/mol. The van der Waals surface area contributed by atoms with Crippen molar-refractivity contribution in [2.75, 3.05) is 6.54 Å². The molecule has 1 aromatic heterocycles. The molecule has 9 heteroatoms. The zero-order chi connectivity index (χ0) is 15.6. The number of hydrogen-bond acceptors (Lipinski definition) is 4. The van der Waals surface area contributed by atoms with Crippen molar-refractivity contribution in [2.45, 2.75) is 24.9 Å². The molecule has 21 heavy (non-hydrogen) atoms. The van der Waals surface area contributed by atoms with E-state index < -0.39 is 36.3 Å². The number of carboxylic acids is 1. The van der Waals surface area contributed by atoms with E-state index in [-0.39, 0.29) is 17.8 Å². The summed E-state index contributed by atoms with van der Waals surface area (Å²) in [5, 5.41) is 13.1. The summed E-state index contributed by atoms with van der Waals surface area (Å²) in [6.07, 6.45) is -0.486. The molecule has 1 aliphatic rings. The van der Waals surface area contributed by atoms with Crippen LogP contribution in [0.4, 0.5) is 8.78 Å². The summed E-state index contributed by atoms with van der Waals surface area (Å²) < 4.78 is 28.0. The molecule has 0 bridgehead atoms. The molecule has 1 amide bonds. The van der Waals surface area contributed by atoms with Crippen LogP contribution >= 0.6 is 22.9 Å². The van der Waals surface area contributed by atoms with Gasteiger partial charge in [-0.25, -0.2) is 0 Å². The Hall–Kier alpha value is -1.25. The van der Waals surface area contributed by atoms with Gasteiger partial charge in [0.25, 0.3) is 5.91 Å². The number of amides is 1. The second-order valence-electron chi connectivity index (χ2n) is 4.87. The number of nitrogens with one attached hydrogen (secondary N) is 2. The molecule has 0 unspecified atom stereocenters. The Morgan fingerprint density at radius 1 is 1.52 bits per heavy atom. The van der Waals surface area contributed by atoms with Crippen LogP contribution in [0, 0.1) is 5.92 Å². The highest BCUT2D eigenvalue weighted by Crippen LogP contribution is 2.28. The Kier molecular flexibility index (Phi) is 4.80. The molecule has 116 valence electrons. The maximum atomic E-state index is 13.8. The average Bonchev–Trinajstić information content (AvgIpc) is 2.97. The Morgan fingerprint density at radius 3 is 2.76 bits per heavy atom. The molecule has 1 aliphatic heterocycles. The lowest BCUT2D eigenvalue weighted by Gasteiger charge is -2.20. The molecule has 0 aromatic carbocycles. The third kappa shape index (κ3) is 4.36. The summed E-state index contributed by atoms with van der Waals surface area (Å²) in [5.41, 5.74) is 0. The second-order valence-corrected chi connectivity index (χ2v) is 6.58. The number of aliphatic carboxylic acids is 1. The summed E-state index contributed by atoms with van der Waals surface area (Å²) in [7, 11) is 0. The fourth-order valence-electron chi connectivity index (χ4n) is 2.23. The van der Waals surface area contributed by atoms with Crippen molar-refractivity contribution in [2.24, 2.45) is 5.92 Å². The highest BCUT2D eigenvalue weighted by Gasteiger charge is 2.39. The van der Waals surface area contributed by atoms with Crippen LogP contribution < -0.4 is 10.6 Å². The Morgan fingerprint density at radius 2 is 2.24 bits per heavy atom. The molecule has 1 aromatic rings. The molecule has 0 aliphatic carbocycles. The van der Waals surface area contributed by atoms with Crippen LogP contribution in [-0.2, 0) is 4.79 Å². The van der Waals surface area contributed by atoms with Gasteiger partial charge in [0.15, 0.2) is 0 Å². The first kappa shape index (κ1) is 16.1. The maximum Gasteiger partial charge on any atom is 0.326 e. The molecule has 5 nitrogen and oxygen atoms in total. The molecule has 2 rings (SSSR count). The summed E-state index contributed by atoms with van der Waals surface area (Å²) in [4.78, 5) is 22.5. The number of thiophene rings is 1. The van der Waals surface area contributed by atoms with Gasteiger partial charge in [-0.3, -0.25) is 14.9 Å². The minimum atomic E-state index is -3.40. The zero-order valence-corrected chi connectivity index (χ0v) is 12.3. The van der Waals surface area contributed by atoms with Crippen molar-refractivity contribution in [3.05, 3.63) is 21.3 Å². The first-order chi connectivity index (χ1) is 9.77. The summed E-state index contributed by atoms with van der Waals surface area (Å²) in [6.45, 7) is 0.188. The maximum absolute atomic E-state index is 13.8. The second kappa shape index (κ2) is 6.25. The van der Waals surface area contributed by atoms with Crippen molar-refractivity contribution in [1.29, 1.82) is 0 Å². The van der Waals surface area contributed by atoms with Crippen LogP contribution in [0.5, 0.6) is 0 Å². The minimum absolute atomic E-state index is 0.104. The van der Waals surface area contributed by atoms with Gasteiger partial charge in [-0.2, -0.15) is 8.78 Å². The van der Waals surface area contributed by atoms with E-state index in [2.05, 4.69) is 5.32 Å². The number of rotatable bonds is 5. The van der Waals surface area contributed by atoms with Gasteiger partial charge in [-0.15, -0.1) is 11.3 Å². The van der Waals surface area contributed by atoms with Crippen molar-refractivity contribution in [1.82, 2.24) is 10.6 Å². The van der Waals surface area contributed by atoms with Crippen LogP contribution in [-0.4, -0.2) is 35.6 Å². The molecule has 0 saturated carbocycles. The molecule has 0 radical (unpaired) electrons. The monoisotopic (exact) mass is 338 g/mol. The quantitative estimate of drug-likeness (QED) is 0.719. The van der Waals surface area contributed by atoms with Crippen LogP contribution in [0.1, 0.15) is 22.5 Å². The first-order valence-electron chi connectivity index (χ1n) is 6.19. The number of carbonyl (C=O) groups is 2.